The number of rotatable bonds is 2. The lowest BCUT2D eigenvalue weighted by Crippen LogP contribution is -2.38. The van der Waals surface area contributed by atoms with E-state index in [0.717, 1.165) is 6.42 Å². The van der Waals surface area contributed by atoms with Gasteiger partial charge >= 0.3 is 0 Å². The highest BCUT2D eigenvalue weighted by atomic mass is 16.1. The first-order valence-corrected chi connectivity index (χ1v) is 5.77. The lowest BCUT2D eigenvalue weighted by molar-refractivity contribution is -0.126. The van der Waals surface area contributed by atoms with Gasteiger partial charge in [0.15, 0.2) is 5.78 Å². The Kier molecular flexibility index (Phi) is 3.54. The monoisotopic (exact) mass is 206 g/mol. The SMILES string of the molecule is C/C=C/C(=O)C1(C)CC(C)C=C(C)C1C. The molecule has 0 aliphatic heterocycles. The molecule has 0 saturated carbocycles. The van der Waals surface area contributed by atoms with Crippen LogP contribution in [0.25, 0.3) is 0 Å². The molecule has 0 aromatic heterocycles. The molecule has 1 aliphatic rings. The Hall–Kier alpha value is -0.850. The molecule has 0 aromatic carbocycles. The normalized spacial score (nSPS) is 36.7. The molecule has 0 aromatic rings. The maximum absolute atomic E-state index is 12.1. The van der Waals surface area contributed by atoms with Crippen LogP contribution in [0.15, 0.2) is 23.8 Å². The average molecular weight is 206 g/mol. The van der Waals surface area contributed by atoms with E-state index in [-0.39, 0.29) is 11.2 Å². The van der Waals surface area contributed by atoms with Gasteiger partial charge in [-0.2, -0.15) is 0 Å². The molecule has 0 bridgehead atoms. The number of ketones is 1. The van der Waals surface area contributed by atoms with Crippen LogP contribution >= 0.6 is 0 Å². The number of allylic oxidation sites excluding steroid dienone is 4. The Morgan fingerprint density at radius 3 is 2.67 bits per heavy atom. The summed E-state index contributed by atoms with van der Waals surface area (Å²) in [7, 11) is 0. The molecule has 0 fully saturated rings. The van der Waals surface area contributed by atoms with Crippen molar-refractivity contribution in [3.63, 3.8) is 0 Å². The Balaban J connectivity index is 3.03. The van der Waals surface area contributed by atoms with Crippen LogP contribution in [0.5, 0.6) is 0 Å². The van der Waals surface area contributed by atoms with E-state index in [1.54, 1.807) is 6.08 Å². The minimum absolute atomic E-state index is 0.204. The van der Waals surface area contributed by atoms with E-state index < -0.39 is 0 Å². The first kappa shape index (κ1) is 12.2. The molecule has 1 heteroatoms. The van der Waals surface area contributed by atoms with Crippen LogP contribution in [0.2, 0.25) is 0 Å². The fourth-order valence-corrected chi connectivity index (χ4v) is 2.66. The molecule has 0 radical (unpaired) electrons. The molecule has 0 N–H and O–H groups in total. The Bertz CT molecular complexity index is 311. The van der Waals surface area contributed by atoms with Crippen molar-refractivity contribution in [3.05, 3.63) is 23.8 Å². The predicted octanol–water partition coefficient (Wildman–Crippen LogP) is 3.76. The van der Waals surface area contributed by atoms with E-state index in [9.17, 15) is 4.79 Å². The minimum Gasteiger partial charge on any atom is -0.294 e. The van der Waals surface area contributed by atoms with Crippen molar-refractivity contribution < 1.29 is 4.79 Å². The van der Waals surface area contributed by atoms with Crippen molar-refractivity contribution in [1.82, 2.24) is 0 Å². The van der Waals surface area contributed by atoms with Crippen LogP contribution in [-0.4, -0.2) is 5.78 Å². The Morgan fingerprint density at radius 1 is 1.53 bits per heavy atom. The molecule has 1 nitrogen and oxygen atoms in total. The smallest absolute Gasteiger partial charge is 0.161 e. The summed E-state index contributed by atoms with van der Waals surface area (Å²) < 4.78 is 0. The van der Waals surface area contributed by atoms with E-state index in [1.807, 2.05) is 13.0 Å². The molecule has 84 valence electrons. The van der Waals surface area contributed by atoms with Gasteiger partial charge in [0.2, 0.25) is 0 Å². The van der Waals surface area contributed by atoms with Gasteiger partial charge in [-0.05, 0) is 38.2 Å². The summed E-state index contributed by atoms with van der Waals surface area (Å²) in [6.07, 6.45) is 6.84. The van der Waals surface area contributed by atoms with E-state index in [2.05, 4.69) is 33.8 Å². The summed E-state index contributed by atoms with van der Waals surface area (Å²) in [6, 6.07) is 0. The molecular weight excluding hydrogens is 184 g/mol. The van der Waals surface area contributed by atoms with Crippen LogP contribution < -0.4 is 0 Å². The largest absolute Gasteiger partial charge is 0.294 e. The zero-order chi connectivity index (χ0) is 11.6. The fraction of sp³-hybridized carbons (Fsp3) is 0.643. The van der Waals surface area contributed by atoms with E-state index in [0.29, 0.717) is 11.8 Å². The third-order valence-corrected chi connectivity index (χ3v) is 3.81. The van der Waals surface area contributed by atoms with Crippen molar-refractivity contribution in [1.29, 1.82) is 0 Å². The van der Waals surface area contributed by atoms with Gasteiger partial charge in [-0.25, -0.2) is 0 Å². The van der Waals surface area contributed by atoms with Gasteiger partial charge in [-0.1, -0.05) is 38.5 Å². The van der Waals surface area contributed by atoms with Crippen LogP contribution in [0.3, 0.4) is 0 Å². The summed E-state index contributed by atoms with van der Waals surface area (Å²) in [5.41, 5.74) is 1.15. The van der Waals surface area contributed by atoms with Gasteiger partial charge in [-0.3, -0.25) is 4.79 Å². The van der Waals surface area contributed by atoms with E-state index >= 15 is 0 Å². The van der Waals surface area contributed by atoms with E-state index in [1.165, 1.54) is 5.57 Å². The molecule has 0 heterocycles. The summed E-state index contributed by atoms with van der Waals surface area (Å²) in [5.74, 6) is 1.15. The third-order valence-electron chi connectivity index (χ3n) is 3.81. The zero-order valence-corrected chi connectivity index (χ0v) is 10.5. The lowest BCUT2D eigenvalue weighted by atomic mass is 9.63. The Morgan fingerprint density at radius 2 is 2.13 bits per heavy atom. The molecule has 0 spiro atoms. The molecule has 0 amide bonds. The predicted molar refractivity (Wildman–Crippen MR) is 64.6 cm³/mol. The highest BCUT2D eigenvalue weighted by Crippen LogP contribution is 2.44. The maximum atomic E-state index is 12.1. The molecule has 1 rings (SSSR count). The van der Waals surface area contributed by atoms with Crippen LogP contribution in [0.1, 0.15) is 41.0 Å². The van der Waals surface area contributed by atoms with Crippen LogP contribution in [-0.2, 0) is 4.79 Å². The van der Waals surface area contributed by atoms with Crippen molar-refractivity contribution >= 4 is 5.78 Å². The number of carbonyl (C=O) groups excluding carboxylic acids is 1. The van der Waals surface area contributed by atoms with Crippen LogP contribution in [0.4, 0.5) is 0 Å². The van der Waals surface area contributed by atoms with Gasteiger partial charge in [0.1, 0.15) is 0 Å². The highest BCUT2D eigenvalue weighted by molar-refractivity contribution is 5.95. The number of hydrogen-bond acceptors (Lipinski definition) is 1. The van der Waals surface area contributed by atoms with Gasteiger partial charge in [-0.15, -0.1) is 0 Å². The minimum atomic E-state index is -0.204. The summed E-state index contributed by atoms with van der Waals surface area (Å²) in [4.78, 5) is 12.1. The van der Waals surface area contributed by atoms with Gasteiger partial charge < -0.3 is 0 Å². The Labute approximate surface area is 93.3 Å². The lowest BCUT2D eigenvalue weighted by Gasteiger charge is -2.39. The first-order chi connectivity index (χ1) is 6.91. The molecule has 3 unspecified atom stereocenters. The topological polar surface area (TPSA) is 17.1 Å². The van der Waals surface area contributed by atoms with Crippen LogP contribution in [0, 0.1) is 17.3 Å². The third kappa shape index (κ3) is 2.22. The summed E-state index contributed by atoms with van der Waals surface area (Å²) in [5, 5.41) is 0. The number of hydrogen-bond donors (Lipinski definition) is 0. The second-order valence-corrected chi connectivity index (χ2v) is 5.10. The van der Waals surface area contributed by atoms with E-state index in [4.69, 9.17) is 0 Å². The maximum Gasteiger partial charge on any atom is 0.161 e. The standard InChI is InChI=1S/C14H22O/c1-6-7-13(15)14(5)9-10(2)8-11(3)12(14)4/h6-8,10,12H,9H2,1-5H3/b7-6+. The second-order valence-electron chi connectivity index (χ2n) is 5.10. The molecular formula is C14H22O. The van der Waals surface area contributed by atoms with Crippen molar-refractivity contribution in [2.45, 2.75) is 41.0 Å². The quantitative estimate of drug-likeness (QED) is 0.496. The fourth-order valence-electron chi connectivity index (χ4n) is 2.66. The second kappa shape index (κ2) is 4.34. The highest BCUT2D eigenvalue weighted by Gasteiger charge is 2.41. The molecule has 15 heavy (non-hydrogen) atoms. The van der Waals surface area contributed by atoms with Crippen molar-refractivity contribution in [2.75, 3.05) is 0 Å². The average Bonchev–Trinajstić information content (AvgIpc) is 2.14. The number of carbonyl (C=O) groups is 1. The van der Waals surface area contributed by atoms with Crippen molar-refractivity contribution in [3.8, 4) is 0 Å². The first-order valence-electron chi connectivity index (χ1n) is 5.77. The zero-order valence-electron chi connectivity index (χ0n) is 10.5. The summed E-state index contributed by atoms with van der Waals surface area (Å²) in [6.45, 7) is 10.5. The van der Waals surface area contributed by atoms with Gasteiger partial charge in [0.05, 0.1) is 0 Å². The van der Waals surface area contributed by atoms with Crippen molar-refractivity contribution in [2.24, 2.45) is 17.3 Å². The molecule has 0 saturated heterocycles. The van der Waals surface area contributed by atoms with Gasteiger partial charge in [0.25, 0.3) is 0 Å². The summed E-state index contributed by atoms with van der Waals surface area (Å²) >= 11 is 0. The van der Waals surface area contributed by atoms with Gasteiger partial charge in [0, 0.05) is 5.41 Å². The molecule has 1 aliphatic carbocycles. The molecule has 3 atom stereocenters.